The Kier molecular flexibility index (Phi) is 5.34. The smallest absolute Gasteiger partial charge is 0.303 e. The highest BCUT2D eigenvalue weighted by Crippen LogP contribution is 2.24. The molecule has 5 heteroatoms. The Morgan fingerprint density at radius 2 is 1.89 bits per heavy atom. The lowest BCUT2D eigenvalue weighted by Crippen LogP contribution is -2.13. The molecule has 0 fully saturated rings. The lowest BCUT2D eigenvalue weighted by molar-refractivity contribution is -0.137. The number of benzene rings is 1. The Balaban J connectivity index is 2.59. The zero-order chi connectivity index (χ0) is 13.7. The molecule has 0 aliphatic carbocycles. The van der Waals surface area contributed by atoms with Crippen LogP contribution in [0.3, 0.4) is 0 Å². The third kappa shape index (κ3) is 4.49. The molecule has 0 aromatic heterocycles. The Morgan fingerprint density at radius 3 is 2.50 bits per heavy atom. The van der Waals surface area contributed by atoms with Crippen molar-refractivity contribution in [3.8, 4) is 0 Å². The predicted molar refractivity (Wildman–Crippen MR) is 73.7 cm³/mol. The van der Waals surface area contributed by atoms with Gasteiger partial charge in [0, 0.05) is 23.0 Å². The minimum absolute atomic E-state index is 0.0196. The van der Waals surface area contributed by atoms with Gasteiger partial charge >= 0.3 is 5.97 Å². The molecule has 0 bridgehead atoms. The SMILES string of the molecule is Cc1cc(NC(=O)CCCC(=O)O)c(C)cc1Br. The normalized spacial score (nSPS) is 10.2. The van der Waals surface area contributed by atoms with E-state index in [9.17, 15) is 9.59 Å². The first kappa shape index (κ1) is 14.7. The van der Waals surface area contributed by atoms with Crippen LogP contribution in [0, 0.1) is 13.8 Å². The molecular formula is C13H16BrNO3. The van der Waals surface area contributed by atoms with E-state index in [1.54, 1.807) is 0 Å². The molecule has 1 rings (SSSR count). The van der Waals surface area contributed by atoms with Crippen molar-refractivity contribution in [2.45, 2.75) is 33.1 Å². The summed E-state index contributed by atoms with van der Waals surface area (Å²) in [6.07, 6.45) is 0.600. The fraction of sp³-hybridized carbons (Fsp3) is 0.385. The Bertz CT molecular complexity index is 472. The molecular weight excluding hydrogens is 298 g/mol. The van der Waals surface area contributed by atoms with Gasteiger partial charge in [0.25, 0.3) is 0 Å². The van der Waals surface area contributed by atoms with E-state index in [1.807, 2.05) is 26.0 Å². The number of rotatable bonds is 5. The van der Waals surface area contributed by atoms with Crippen LogP contribution in [0.15, 0.2) is 16.6 Å². The number of aryl methyl sites for hydroxylation is 2. The van der Waals surface area contributed by atoms with Gasteiger partial charge in [0.15, 0.2) is 0 Å². The number of carboxylic acids is 1. The van der Waals surface area contributed by atoms with Crippen LogP contribution in [0.2, 0.25) is 0 Å². The van der Waals surface area contributed by atoms with Crippen molar-refractivity contribution in [1.82, 2.24) is 0 Å². The third-order valence-electron chi connectivity index (χ3n) is 2.57. The molecule has 18 heavy (non-hydrogen) atoms. The predicted octanol–water partition coefficient (Wildman–Crippen LogP) is 3.26. The van der Waals surface area contributed by atoms with Gasteiger partial charge in [0.1, 0.15) is 0 Å². The quantitative estimate of drug-likeness (QED) is 0.876. The van der Waals surface area contributed by atoms with E-state index in [4.69, 9.17) is 5.11 Å². The lowest BCUT2D eigenvalue weighted by atomic mass is 10.1. The number of nitrogens with one attached hydrogen (secondary N) is 1. The number of carbonyl (C=O) groups is 2. The average Bonchev–Trinajstić information content (AvgIpc) is 2.25. The molecule has 2 N–H and O–H groups in total. The molecule has 0 saturated carbocycles. The minimum Gasteiger partial charge on any atom is -0.481 e. The highest BCUT2D eigenvalue weighted by Gasteiger charge is 2.07. The maximum atomic E-state index is 11.6. The van der Waals surface area contributed by atoms with Crippen LogP contribution in [0.1, 0.15) is 30.4 Å². The lowest BCUT2D eigenvalue weighted by Gasteiger charge is -2.10. The largest absolute Gasteiger partial charge is 0.481 e. The zero-order valence-corrected chi connectivity index (χ0v) is 12.0. The number of amides is 1. The van der Waals surface area contributed by atoms with Gasteiger partial charge in [-0.3, -0.25) is 9.59 Å². The molecule has 98 valence electrons. The molecule has 1 aromatic rings. The summed E-state index contributed by atoms with van der Waals surface area (Å²) in [5, 5.41) is 11.3. The fourth-order valence-corrected chi connectivity index (χ4v) is 1.99. The summed E-state index contributed by atoms with van der Waals surface area (Å²) in [4.78, 5) is 22.0. The third-order valence-corrected chi connectivity index (χ3v) is 3.43. The molecule has 0 atom stereocenters. The van der Waals surface area contributed by atoms with E-state index in [1.165, 1.54) is 0 Å². The van der Waals surface area contributed by atoms with Crippen LogP contribution in [0.4, 0.5) is 5.69 Å². The second-order valence-electron chi connectivity index (χ2n) is 4.21. The van der Waals surface area contributed by atoms with Crippen LogP contribution in [0.25, 0.3) is 0 Å². The summed E-state index contributed by atoms with van der Waals surface area (Å²) in [6, 6.07) is 3.84. The van der Waals surface area contributed by atoms with Gasteiger partial charge in [-0.15, -0.1) is 0 Å². The maximum absolute atomic E-state index is 11.6. The first-order chi connectivity index (χ1) is 8.40. The molecule has 0 heterocycles. The number of hydrogen-bond acceptors (Lipinski definition) is 2. The molecule has 1 amide bonds. The number of aliphatic carboxylic acids is 1. The Labute approximate surface area is 115 Å². The van der Waals surface area contributed by atoms with Gasteiger partial charge in [0.05, 0.1) is 0 Å². The molecule has 0 spiro atoms. The molecule has 0 unspecified atom stereocenters. The number of carboxylic acid groups (broad SMARTS) is 1. The van der Waals surface area contributed by atoms with Crippen LogP contribution in [0.5, 0.6) is 0 Å². The highest BCUT2D eigenvalue weighted by molar-refractivity contribution is 9.10. The van der Waals surface area contributed by atoms with Gasteiger partial charge in [-0.1, -0.05) is 15.9 Å². The molecule has 1 aromatic carbocycles. The molecule has 0 aliphatic rings. The van der Waals surface area contributed by atoms with Gasteiger partial charge in [-0.2, -0.15) is 0 Å². The van der Waals surface area contributed by atoms with E-state index in [-0.39, 0.29) is 18.7 Å². The van der Waals surface area contributed by atoms with E-state index < -0.39 is 5.97 Å². The van der Waals surface area contributed by atoms with Crippen molar-refractivity contribution in [3.05, 3.63) is 27.7 Å². The number of anilines is 1. The van der Waals surface area contributed by atoms with Crippen LogP contribution in [-0.4, -0.2) is 17.0 Å². The summed E-state index contributed by atoms with van der Waals surface area (Å²) in [7, 11) is 0. The average molecular weight is 314 g/mol. The van der Waals surface area contributed by atoms with Crippen molar-refractivity contribution >= 4 is 33.5 Å². The summed E-state index contributed by atoms with van der Waals surface area (Å²) >= 11 is 3.43. The monoisotopic (exact) mass is 313 g/mol. The summed E-state index contributed by atoms with van der Waals surface area (Å²) < 4.78 is 1.00. The standard InChI is InChI=1S/C13H16BrNO3/c1-8-7-11(9(2)6-10(8)14)15-12(16)4-3-5-13(17)18/h6-7H,3-5H2,1-2H3,(H,15,16)(H,17,18). The summed E-state index contributed by atoms with van der Waals surface area (Å²) in [6.45, 7) is 3.86. The second-order valence-corrected chi connectivity index (χ2v) is 5.07. The Morgan fingerprint density at radius 1 is 1.22 bits per heavy atom. The van der Waals surface area contributed by atoms with Gasteiger partial charge in [0.2, 0.25) is 5.91 Å². The molecule has 0 radical (unpaired) electrons. The van der Waals surface area contributed by atoms with E-state index in [2.05, 4.69) is 21.2 Å². The van der Waals surface area contributed by atoms with E-state index in [0.29, 0.717) is 6.42 Å². The zero-order valence-electron chi connectivity index (χ0n) is 10.4. The Hall–Kier alpha value is -1.36. The van der Waals surface area contributed by atoms with E-state index >= 15 is 0 Å². The molecule has 4 nitrogen and oxygen atoms in total. The van der Waals surface area contributed by atoms with Crippen LogP contribution < -0.4 is 5.32 Å². The topological polar surface area (TPSA) is 66.4 Å². The van der Waals surface area contributed by atoms with Gasteiger partial charge in [-0.05, 0) is 43.5 Å². The highest BCUT2D eigenvalue weighted by atomic mass is 79.9. The summed E-state index contributed by atoms with van der Waals surface area (Å²) in [5.41, 5.74) is 2.79. The van der Waals surface area contributed by atoms with Crippen molar-refractivity contribution in [2.24, 2.45) is 0 Å². The van der Waals surface area contributed by atoms with Crippen molar-refractivity contribution < 1.29 is 14.7 Å². The summed E-state index contributed by atoms with van der Waals surface area (Å²) in [5.74, 6) is -1.03. The first-order valence-corrected chi connectivity index (χ1v) is 6.48. The number of hydrogen-bond donors (Lipinski definition) is 2. The maximum Gasteiger partial charge on any atom is 0.303 e. The van der Waals surface area contributed by atoms with Crippen molar-refractivity contribution in [3.63, 3.8) is 0 Å². The first-order valence-electron chi connectivity index (χ1n) is 5.68. The number of halogens is 1. The fourth-order valence-electron chi connectivity index (χ4n) is 1.53. The minimum atomic E-state index is -0.876. The molecule has 0 saturated heterocycles. The van der Waals surface area contributed by atoms with Gasteiger partial charge in [-0.25, -0.2) is 0 Å². The van der Waals surface area contributed by atoms with Crippen molar-refractivity contribution in [1.29, 1.82) is 0 Å². The van der Waals surface area contributed by atoms with Crippen LogP contribution in [-0.2, 0) is 9.59 Å². The number of carbonyl (C=O) groups excluding carboxylic acids is 1. The van der Waals surface area contributed by atoms with Crippen molar-refractivity contribution in [2.75, 3.05) is 5.32 Å². The second kappa shape index (κ2) is 6.54. The van der Waals surface area contributed by atoms with Crippen LogP contribution >= 0.6 is 15.9 Å². The van der Waals surface area contributed by atoms with Gasteiger partial charge < -0.3 is 10.4 Å². The van der Waals surface area contributed by atoms with E-state index in [0.717, 1.165) is 21.3 Å². The molecule has 0 aliphatic heterocycles.